The van der Waals surface area contributed by atoms with Gasteiger partial charge in [0, 0.05) is 37.2 Å². The molecule has 1 N–H and O–H groups in total. The quantitative estimate of drug-likeness (QED) is 0.736. The Morgan fingerprint density at radius 2 is 2.21 bits per heavy atom. The molecule has 0 saturated carbocycles. The molecular weight excluding hydrogens is 262 g/mol. The van der Waals surface area contributed by atoms with Gasteiger partial charge in [-0.2, -0.15) is 0 Å². The Morgan fingerprint density at radius 3 is 2.95 bits per heavy atom. The molecule has 19 heavy (non-hydrogen) atoms. The number of amides is 1. The van der Waals surface area contributed by atoms with E-state index in [4.69, 9.17) is 0 Å². The molecule has 0 unspecified atom stereocenters. The van der Waals surface area contributed by atoms with E-state index in [0.29, 0.717) is 5.69 Å². The van der Waals surface area contributed by atoms with Gasteiger partial charge in [0.25, 0.3) is 5.91 Å². The number of aromatic nitrogens is 3. The fourth-order valence-corrected chi connectivity index (χ4v) is 2.38. The topological polar surface area (TPSA) is 62.5 Å². The van der Waals surface area contributed by atoms with Crippen molar-refractivity contribution in [2.24, 2.45) is 0 Å². The number of hydrogen-bond acceptors (Lipinski definition) is 5. The van der Waals surface area contributed by atoms with Crippen molar-refractivity contribution in [3.8, 4) is 0 Å². The summed E-state index contributed by atoms with van der Waals surface area (Å²) in [4.78, 5) is 21.0. The van der Waals surface area contributed by atoms with Crippen molar-refractivity contribution < 1.29 is 4.79 Å². The lowest BCUT2D eigenvalue weighted by Gasteiger charge is -2.19. The van der Waals surface area contributed by atoms with Gasteiger partial charge in [-0.1, -0.05) is 0 Å². The van der Waals surface area contributed by atoms with Gasteiger partial charge in [-0.25, -0.2) is 4.98 Å². The van der Waals surface area contributed by atoms with E-state index in [-0.39, 0.29) is 5.91 Å². The number of hydrazine groups is 1. The summed E-state index contributed by atoms with van der Waals surface area (Å²) in [7, 11) is 1.77. The maximum atomic E-state index is 12.1. The van der Waals surface area contributed by atoms with E-state index in [0.717, 1.165) is 10.6 Å². The number of imidazole rings is 1. The average Bonchev–Trinajstić information content (AvgIpc) is 3.00. The highest BCUT2D eigenvalue weighted by molar-refractivity contribution is 7.15. The van der Waals surface area contributed by atoms with Gasteiger partial charge >= 0.3 is 0 Å². The van der Waals surface area contributed by atoms with E-state index in [1.54, 1.807) is 30.6 Å². The van der Waals surface area contributed by atoms with Gasteiger partial charge in [0.15, 0.2) is 4.96 Å². The van der Waals surface area contributed by atoms with Crippen LogP contribution in [0.5, 0.6) is 0 Å². The van der Waals surface area contributed by atoms with Gasteiger partial charge in [-0.3, -0.25) is 24.6 Å². The molecule has 0 radical (unpaired) electrons. The number of pyridine rings is 1. The molecule has 3 aromatic heterocycles. The summed E-state index contributed by atoms with van der Waals surface area (Å²) >= 11 is 1.49. The molecular formula is C12H11N5OS. The minimum absolute atomic E-state index is 0.241. The van der Waals surface area contributed by atoms with Gasteiger partial charge in [0.05, 0.1) is 5.69 Å². The van der Waals surface area contributed by atoms with Crippen LogP contribution in [0.4, 0.5) is 5.69 Å². The van der Waals surface area contributed by atoms with Crippen LogP contribution in [0.2, 0.25) is 0 Å². The maximum Gasteiger partial charge on any atom is 0.290 e. The summed E-state index contributed by atoms with van der Waals surface area (Å²) in [6, 6.07) is 3.62. The Labute approximate surface area is 113 Å². The van der Waals surface area contributed by atoms with Crippen molar-refractivity contribution in [3.63, 3.8) is 0 Å². The van der Waals surface area contributed by atoms with Gasteiger partial charge < -0.3 is 0 Å². The van der Waals surface area contributed by atoms with Crippen LogP contribution in [0, 0.1) is 0 Å². The fraction of sp³-hybridized carbons (Fsp3) is 0.0833. The third kappa shape index (κ3) is 2.27. The lowest BCUT2D eigenvalue weighted by atomic mass is 10.4. The Kier molecular flexibility index (Phi) is 2.88. The molecule has 0 aromatic carbocycles. The van der Waals surface area contributed by atoms with Crippen LogP contribution in [-0.4, -0.2) is 27.3 Å². The van der Waals surface area contributed by atoms with Crippen LogP contribution in [0.15, 0.2) is 42.3 Å². The lowest BCUT2D eigenvalue weighted by Crippen LogP contribution is -2.39. The average molecular weight is 273 g/mol. The number of carbonyl (C=O) groups excluding carboxylic acids is 1. The van der Waals surface area contributed by atoms with E-state index >= 15 is 0 Å². The lowest BCUT2D eigenvalue weighted by molar-refractivity contribution is 0.0947. The summed E-state index contributed by atoms with van der Waals surface area (Å²) < 4.78 is 1.83. The van der Waals surface area contributed by atoms with Crippen LogP contribution in [-0.2, 0) is 0 Å². The molecule has 0 saturated heterocycles. The van der Waals surface area contributed by atoms with Gasteiger partial charge in [0.1, 0.15) is 5.69 Å². The van der Waals surface area contributed by atoms with Crippen LogP contribution < -0.4 is 10.4 Å². The zero-order valence-corrected chi connectivity index (χ0v) is 11.0. The van der Waals surface area contributed by atoms with E-state index < -0.39 is 0 Å². The first-order chi connectivity index (χ1) is 9.24. The molecule has 0 atom stereocenters. The molecule has 0 bridgehead atoms. The van der Waals surface area contributed by atoms with Gasteiger partial charge in [-0.05, 0) is 12.1 Å². The van der Waals surface area contributed by atoms with Crippen molar-refractivity contribution in [2.75, 3.05) is 12.1 Å². The first-order valence-electron chi connectivity index (χ1n) is 5.61. The Balaban J connectivity index is 1.76. The predicted octanol–water partition coefficient (Wildman–Crippen LogP) is 1.57. The molecule has 0 aliphatic rings. The number of hydrogen-bond donors (Lipinski definition) is 1. The molecule has 1 amide bonds. The second-order valence-corrected chi connectivity index (χ2v) is 4.80. The van der Waals surface area contributed by atoms with Crippen molar-refractivity contribution in [2.45, 2.75) is 0 Å². The third-order valence-corrected chi connectivity index (χ3v) is 3.42. The molecule has 3 rings (SSSR count). The highest BCUT2D eigenvalue weighted by Gasteiger charge is 2.13. The number of carbonyl (C=O) groups is 1. The van der Waals surface area contributed by atoms with Crippen molar-refractivity contribution in [1.82, 2.24) is 19.8 Å². The number of rotatable bonds is 3. The van der Waals surface area contributed by atoms with Gasteiger partial charge in [-0.15, -0.1) is 11.3 Å². The number of anilines is 1. The molecule has 7 heteroatoms. The van der Waals surface area contributed by atoms with Crippen LogP contribution in [0.3, 0.4) is 0 Å². The zero-order chi connectivity index (χ0) is 13.2. The molecule has 0 fully saturated rings. The summed E-state index contributed by atoms with van der Waals surface area (Å²) in [5.74, 6) is -0.241. The summed E-state index contributed by atoms with van der Waals surface area (Å²) in [6.45, 7) is 0. The smallest absolute Gasteiger partial charge is 0.290 e. The maximum absolute atomic E-state index is 12.1. The second kappa shape index (κ2) is 4.69. The normalized spacial score (nSPS) is 10.6. The van der Waals surface area contributed by atoms with E-state index in [2.05, 4.69) is 15.4 Å². The van der Waals surface area contributed by atoms with E-state index in [1.165, 1.54) is 11.3 Å². The van der Waals surface area contributed by atoms with Crippen LogP contribution >= 0.6 is 11.3 Å². The molecule has 3 aromatic rings. The molecule has 0 aliphatic heterocycles. The molecule has 0 aliphatic carbocycles. The first kappa shape index (κ1) is 11.7. The Hall–Kier alpha value is -2.41. The van der Waals surface area contributed by atoms with Crippen LogP contribution in [0.25, 0.3) is 4.96 Å². The minimum atomic E-state index is -0.241. The molecule has 0 spiro atoms. The highest BCUT2D eigenvalue weighted by Crippen LogP contribution is 2.12. The standard InChI is InChI=1S/C12H11N5OS/c1-16(9-2-4-13-5-3-9)15-11(18)10-8-17-6-7-19-12(17)14-10/h2-8H,1H3,(H,15,18). The van der Waals surface area contributed by atoms with Crippen molar-refractivity contribution in [1.29, 1.82) is 0 Å². The van der Waals surface area contributed by atoms with E-state index in [9.17, 15) is 4.79 Å². The predicted molar refractivity (Wildman–Crippen MR) is 73.2 cm³/mol. The monoisotopic (exact) mass is 273 g/mol. The van der Waals surface area contributed by atoms with E-state index in [1.807, 2.05) is 28.1 Å². The fourth-order valence-electron chi connectivity index (χ4n) is 1.68. The Bertz CT molecular complexity index is 677. The molecule has 6 nitrogen and oxygen atoms in total. The number of nitrogens with zero attached hydrogens (tertiary/aromatic N) is 4. The highest BCUT2D eigenvalue weighted by atomic mass is 32.1. The molecule has 3 heterocycles. The second-order valence-electron chi connectivity index (χ2n) is 3.92. The summed E-state index contributed by atoms with van der Waals surface area (Å²) in [6.07, 6.45) is 6.92. The zero-order valence-electron chi connectivity index (χ0n) is 10.1. The van der Waals surface area contributed by atoms with Crippen LogP contribution in [0.1, 0.15) is 10.5 Å². The van der Waals surface area contributed by atoms with Gasteiger partial charge in [0.2, 0.25) is 0 Å². The third-order valence-electron chi connectivity index (χ3n) is 2.65. The number of nitrogens with one attached hydrogen (secondary N) is 1. The largest absolute Gasteiger partial charge is 0.297 e. The molecule has 96 valence electrons. The summed E-state index contributed by atoms with van der Waals surface area (Å²) in [5, 5.41) is 3.56. The Morgan fingerprint density at radius 1 is 1.42 bits per heavy atom. The first-order valence-corrected chi connectivity index (χ1v) is 6.49. The van der Waals surface area contributed by atoms with Crippen molar-refractivity contribution in [3.05, 3.63) is 48.0 Å². The van der Waals surface area contributed by atoms with Crippen molar-refractivity contribution >= 4 is 27.9 Å². The SMILES string of the molecule is CN(NC(=O)c1cn2ccsc2n1)c1ccncc1. The minimum Gasteiger partial charge on any atom is -0.297 e. The number of fused-ring (bicyclic) bond motifs is 1. The number of thiazole rings is 1. The summed E-state index contributed by atoms with van der Waals surface area (Å²) in [5.41, 5.74) is 4.01.